The third-order valence-corrected chi connectivity index (χ3v) is 8.27. The van der Waals surface area contributed by atoms with Crippen LogP contribution in [0, 0.1) is 0 Å². The minimum atomic E-state index is 0.558. The van der Waals surface area contributed by atoms with Crippen molar-refractivity contribution in [2.75, 3.05) is 12.0 Å². The highest BCUT2D eigenvalue weighted by Gasteiger charge is 2.23. The number of anilines is 1. The van der Waals surface area contributed by atoms with Crippen LogP contribution in [0.1, 0.15) is 5.76 Å². The second-order valence-electron chi connectivity index (χ2n) is 10.4. The average molecular weight is 514 g/mol. The van der Waals surface area contributed by atoms with E-state index in [1.54, 1.807) is 0 Å². The van der Waals surface area contributed by atoms with Crippen molar-refractivity contribution in [3.63, 3.8) is 0 Å². The lowest BCUT2D eigenvalue weighted by Crippen LogP contribution is -2.05. The smallest absolute Gasteiger partial charge is 0.215 e. The molecular weight excluding hydrogens is 490 g/mol. The monoisotopic (exact) mass is 513 g/mol. The van der Waals surface area contributed by atoms with E-state index in [0.717, 1.165) is 33.8 Å². The maximum Gasteiger partial charge on any atom is 0.215 e. The van der Waals surface area contributed by atoms with Gasteiger partial charge in [0, 0.05) is 11.1 Å². The Morgan fingerprint density at radius 1 is 0.600 bits per heavy atom. The van der Waals surface area contributed by atoms with Gasteiger partial charge < -0.3 is 9.73 Å². The summed E-state index contributed by atoms with van der Waals surface area (Å²) < 4.78 is 8.63. The Bertz CT molecular complexity index is 2300. The van der Waals surface area contributed by atoms with E-state index < -0.39 is 0 Å². The molecule has 0 unspecified atom stereocenters. The molecule has 4 heteroatoms. The second-order valence-corrected chi connectivity index (χ2v) is 10.4. The van der Waals surface area contributed by atoms with Crippen LogP contribution in [-0.4, -0.2) is 17.5 Å². The van der Waals surface area contributed by atoms with E-state index in [4.69, 9.17) is 4.42 Å². The molecule has 1 N–H and O–H groups in total. The molecule has 0 amide bonds. The van der Waals surface area contributed by atoms with Crippen molar-refractivity contribution in [1.29, 1.82) is 0 Å². The predicted octanol–water partition coefficient (Wildman–Crippen LogP) is 9.31. The third-order valence-electron chi connectivity index (χ3n) is 8.27. The Morgan fingerprint density at radius 2 is 1.25 bits per heavy atom. The van der Waals surface area contributed by atoms with Gasteiger partial charge in [-0.2, -0.15) is 0 Å². The van der Waals surface area contributed by atoms with E-state index in [1.165, 1.54) is 48.8 Å². The molecule has 4 nitrogen and oxygen atoms in total. The lowest BCUT2D eigenvalue weighted by molar-refractivity contribution is 0.588. The standard InChI is InChI=1S/C36H23N3O/c1-2-12-27-25(10-1)26-11-3-4-13-28(26)31-19-23(16-17-29(27)31)22-8-7-9-24(18-22)39-32-15-6-5-14-30(32)34-35-33(40-36(34)39)20-37-21-38-35/h1-20,38H,21H2. The van der Waals surface area contributed by atoms with Gasteiger partial charge in [0.1, 0.15) is 6.67 Å². The summed E-state index contributed by atoms with van der Waals surface area (Å²) in [5, 5.41) is 13.4. The highest BCUT2D eigenvalue weighted by atomic mass is 16.3. The fourth-order valence-corrected chi connectivity index (χ4v) is 6.52. The van der Waals surface area contributed by atoms with Gasteiger partial charge in [0.05, 0.1) is 22.8 Å². The number of fused-ring (bicyclic) bond motifs is 11. The molecule has 2 aromatic heterocycles. The molecular formula is C36H23N3O. The first kappa shape index (κ1) is 21.6. The van der Waals surface area contributed by atoms with Gasteiger partial charge in [0.15, 0.2) is 5.76 Å². The first-order valence-corrected chi connectivity index (χ1v) is 13.6. The highest BCUT2D eigenvalue weighted by Crippen LogP contribution is 2.42. The topological polar surface area (TPSA) is 42.5 Å². The maximum atomic E-state index is 6.40. The molecule has 0 fully saturated rings. The van der Waals surface area contributed by atoms with E-state index in [0.29, 0.717) is 6.67 Å². The van der Waals surface area contributed by atoms with Gasteiger partial charge in [-0.1, -0.05) is 91.0 Å². The van der Waals surface area contributed by atoms with E-state index >= 15 is 0 Å². The summed E-state index contributed by atoms with van der Waals surface area (Å²) >= 11 is 0. The van der Waals surface area contributed by atoms with E-state index in [9.17, 15) is 0 Å². The number of benzene rings is 6. The lowest BCUT2D eigenvalue weighted by atomic mass is 9.92. The Labute approximate surface area is 229 Å². The third kappa shape index (κ3) is 2.93. The molecule has 40 heavy (non-hydrogen) atoms. The molecule has 0 bridgehead atoms. The normalized spacial score (nSPS) is 13.0. The quantitative estimate of drug-likeness (QED) is 0.234. The maximum absolute atomic E-state index is 6.40. The minimum Gasteiger partial charge on any atom is -0.436 e. The molecule has 188 valence electrons. The van der Waals surface area contributed by atoms with E-state index in [2.05, 4.69) is 130 Å². The Morgan fingerprint density at radius 3 is 2.02 bits per heavy atom. The van der Waals surface area contributed by atoms with Crippen LogP contribution in [-0.2, 0) is 0 Å². The molecule has 6 aromatic carbocycles. The average Bonchev–Trinajstić information content (AvgIpc) is 3.56. The number of aromatic nitrogens is 1. The molecule has 0 aliphatic carbocycles. The molecule has 0 saturated heterocycles. The Kier molecular flexibility index (Phi) is 4.35. The van der Waals surface area contributed by atoms with Crippen LogP contribution in [0.3, 0.4) is 0 Å². The van der Waals surface area contributed by atoms with Crippen molar-refractivity contribution in [2.24, 2.45) is 4.99 Å². The fraction of sp³-hybridized carbons (Fsp3) is 0.0278. The van der Waals surface area contributed by atoms with Crippen LogP contribution in [0.2, 0.25) is 0 Å². The number of para-hydroxylation sites is 1. The minimum absolute atomic E-state index is 0.558. The molecule has 8 aromatic rings. The van der Waals surface area contributed by atoms with Crippen molar-refractivity contribution in [2.45, 2.75) is 0 Å². The van der Waals surface area contributed by atoms with Crippen molar-refractivity contribution in [1.82, 2.24) is 4.57 Å². The largest absolute Gasteiger partial charge is 0.436 e. The number of hydrogen-bond donors (Lipinski definition) is 1. The predicted molar refractivity (Wildman–Crippen MR) is 167 cm³/mol. The molecule has 0 radical (unpaired) electrons. The molecule has 3 heterocycles. The summed E-state index contributed by atoms with van der Waals surface area (Å²) in [7, 11) is 0. The van der Waals surface area contributed by atoms with Crippen LogP contribution in [0.25, 0.3) is 71.1 Å². The number of nitrogens with zero attached hydrogens (tertiary/aromatic N) is 2. The van der Waals surface area contributed by atoms with Crippen molar-refractivity contribution >= 4 is 66.2 Å². The van der Waals surface area contributed by atoms with Gasteiger partial charge >= 0.3 is 0 Å². The summed E-state index contributed by atoms with van der Waals surface area (Å²) in [6.45, 7) is 0.558. The lowest BCUT2D eigenvalue weighted by Gasteiger charge is -2.13. The number of nitrogens with one attached hydrogen (secondary N) is 1. The van der Waals surface area contributed by atoms with Crippen LogP contribution >= 0.6 is 0 Å². The summed E-state index contributed by atoms with van der Waals surface area (Å²) in [4.78, 5) is 4.36. The zero-order valence-corrected chi connectivity index (χ0v) is 21.6. The number of aliphatic imine (C=N–C) groups is 1. The first-order chi connectivity index (χ1) is 19.8. The number of rotatable bonds is 2. The Balaban J connectivity index is 1.28. The van der Waals surface area contributed by atoms with Crippen LogP contribution < -0.4 is 5.32 Å². The molecule has 0 saturated carbocycles. The SMILES string of the molecule is C1=NCNc2c1oc1c2c2ccccc2n1-c1cccc(-c2ccc3c4ccccc4c4ccccc4c3c2)c1. The van der Waals surface area contributed by atoms with Crippen LogP contribution in [0.15, 0.2) is 125 Å². The number of furan rings is 1. The molecule has 9 rings (SSSR count). The van der Waals surface area contributed by atoms with E-state index in [-0.39, 0.29) is 0 Å². The van der Waals surface area contributed by atoms with Gasteiger partial charge in [-0.15, -0.1) is 0 Å². The molecule has 1 aliphatic heterocycles. The van der Waals surface area contributed by atoms with E-state index in [1.807, 2.05) is 6.21 Å². The second kappa shape index (κ2) is 8.08. The zero-order valence-electron chi connectivity index (χ0n) is 21.6. The number of hydrogen-bond acceptors (Lipinski definition) is 3. The van der Waals surface area contributed by atoms with Gasteiger partial charge in [0.25, 0.3) is 0 Å². The summed E-state index contributed by atoms with van der Waals surface area (Å²) in [5.41, 5.74) is 6.39. The van der Waals surface area contributed by atoms with Crippen molar-refractivity contribution in [3.05, 3.63) is 121 Å². The molecule has 1 aliphatic rings. The first-order valence-electron chi connectivity index (χ1n) is 13.6. The fourth-order valence-electron chi connectivity index (χ4n) is 6.52. The molecule has 0 spiro atoms. The van der Waals surface area contributed by atoms with Crippen molar-refractivity contribution in [3.8, 4) is 16.8 Å². The summed E-state index contributed by atoms with van der Waals surface area (Å²) in [6, 6.07) is 41.6. The van der Waals surface area contributed by atoms with Gasteiger partial charge in [-0.05, 0) is 67.7 Å². The van der Waals surface area contributed by atoms with Gasteiger partial charge in [-0.3, -0.25) is 9.56 Å². The summed E-state index contributed by atoms with van der Waals surface area (Å²) in [5.74, 6) is 0.778. The van der Waals surface area contributed by atoms with Gasteiger partial charge in [-0.25, -0.2) is 0 Å². The van der Waals surface area contributed by atoms with Crippen LogP contribution in [0.4, 0.5) is 5.69 Å². The Hall–Kier alpha value is -5.35. The van der Waals surface area contributed by atoms with Crippen LogP contribution in [0.5, 0.6) is 0 Å². The highest BCUT2D eigenvalue weighted by molar-refractivity contribution is 6.25. The molecule has 0 atom stereocenters. The summed E-state index contributed by atoms with van der Waals surface area (Å²) in [6.07, 6.45) is 1.82. The zero-order chi connectivity index (χ0) is 26.2. The van der Waals surface area contributed by atoms with Crippen molar-refractivity contribution < 1.29 is 4.42 Å². The van der Waals surface area contributed by atoms with Gasteiger partial charge in [0.2, 0.25) is 5.71 Å².